The summed E-state index contributed by atoms with van der Waals surface area (Å²) in [6, 6.07) is 7.38. The Labute approximate surface area is 112 Å². The van der Waals surface area contributed by atoms with Gasteiger partial charge in [0.2, 0.25) is 0 Å². The summed E-state index contributed by atoms with van der Waals surface area (Å²) in [4.78, 5) is 0. The lowest BCUT2D eigenvalue weighted by Crippen LogP contribution is -2.21. The maximum absolute atomic E-state index is 3.55. The molecule has 1 nitrogen and oxygen atoms in total. The SMILES string of the molecule is CNC(c1cc(C)cc(C)c1)C1C(C)(C)C1(C)C. The number of hydrogen-bond donors (Lipinski definition) is 1. The van der Waals surface area contributed by atoms with Gasteiger partial charge in [-0.15, -0.1) is 0 Å². The van der Waals surface area contributed by atoms with Gasteiger partial charge in [-0.1, -0.05) is 57.0 Å². The lowest BCUT2D eigenvalue weighted by atomic mass is 9.94. The summed E-state index contributed by atoms with van der Waals surface area (Å²) in [6.45, 7) is 13.9. The van der Waals surface area contributed by atoms with Gasteiger partial charge in [0.25, 0.3) is 0 Å². The molecule has 1 heteroatoms. The Morgan fingerprint density at radius 2 is 1.39 bits per heavy atom. The highest BCUT2D eigenvalue weighted by Gasteiger charge is 2.67. The third-order valence-electron chi connectivity index (χ3n) is 5.38. The Balaban J connectivity index is 2.36. The number of nitrogens with one attached hydrogen (secondary N) is 1. The van der Waals surface area contributed by atoms with Crippen molar-refractivity contribution in [2.45, 2.75) is 47.6 Å². The van der Waals surface area contributed by atoms with Gasteiger partial charge in [0.1, 0.15) is 0 Å². The zero-order valence-corrected chi connectivity index (χ0v) is 12.9. The summed E-state index contributed by atoms with van der Waals surface area (Å²) >= 11 is 0. The Morgan fingerprint density at radius 3 is 1.72 bits per heavy atom. The molecule has 0 spiro atoms. The van der Waals surface area contributed by atoms with Gasteiger partial charge < -0.3 is 5.32 Å². The molecule has 0 aliphatic heterocycles. The van der Waals surface area contributed by atoms with Crippen LogP contribution in [0.25, 0.3) is 0 Å². The van der Waals surface area contributed by atoms with Crippen LogP contribution in [-0.4, -0.2) is 7.05 Å². The van der Waals surface area contributed by atoms with Crippen LogP contribution in [0.1, 0.15) is 50.4 Å². The van der Waals surface area contributed by atoms with Crippen LogP contribution in [0.15, 0.2) is 18.2 Å². The van der Waals surface area contributed by atoms with Gasteiger partial charge in [0, 0.05) is 6.04 Å². The molecular weight excluding hydrogens is 218 g/mol. The quantitative estimate of drug-likeness (QED) is 0.839. The van der Waals surface area contributed by atoms with E-state index in [1.54, 1.807) is 0 Å². The largest absolute Gasteiger partial charge is 0.313 e. The number of hydrogen-bond acceptors (Lipinski definition) is 1. The summed E-state index contributed by atoms with van der Waals surface area (Å²) in [7, 11) is 2.09. The molecule has 1 atom stereocenters. The minimum atomic E-state index is 0.415. The van der Waals surface area contributed by atoms with E-state index in [1.165, 1.54) is 16.7 Å². The van der Waals surface area contributed by atoms with Crippen molar-refractivity contribution < 1.29 is 0 Å². The van der Waals surface area contributed by atoms with Gasteiger partial charge in [-0.05, 0) is 43.2 Å². The summed E-state index contributed by atoms with van der Waals surface area (Å²) in [6.07, 6.45) is 0. The smallest absolute Gasteiger partial charge is 0.0357 e. The fourth-order valence-corrected chi connectivity index (χ4v) is 3.80. The van der Waals surface area contributed by atoms with E-state index in [4.69, 9.17) is 0 Å². The molecule has 1 aromatic carbocycles. The van der Waals surface area contributed by atoms with Crippen molar-refractivity contribution in [3.8, 4) is 0 Å². The summed E-state index contributed by atoms with van der Waals surface area (Å²) < 4.78 is 0. The van der Waals surface area contributed by atoms with Crippen molar-refractivity contribution in [2.75, 3.05) is 7.05 Å². The van der Waals surface area contributed by atoms with Crippen molar-refractivity contribution in [3.63, 3.8) is 0 Å². The summed E-state index contributed by atoms with van der Waals surface area (Å²) in [5.74, 6) is 0.705. The van der Waals surface area contributed by atoms with Gasteiger partial charge in [0.05, 0.1) is 0 Å². The molecule has 100 valence electrons. The molecule has 0 amide bonds. The van der Waals surface area contributed by atoms with E-state index in [9.17, 15) is 0 Å². The lowest BCUT2D eigenvalue weighted by molar-refractivity contribution is 0.437. The number of aryl methyl sites for hydroxylation is 2. The highest BCUT2D eigenvalue weighted by molar-refractivity contribution is 5.34. The van der Waals surface area contributed by atoms with Crippen LogP contribution in [0.2, 0.25) is 0 Å². The maximum Gasteiger partial charge on any atom is 0.0357 e. The first-order chi connectivity index (χ1) is 8.21. The minimum Gasteiger partial charge on any atom is -0.313 e. The molecule has 2 rings (SSSR count). The first-order valence-electron chi connectivity index (χ1n) is 6.97. The van der Waals surface area contributed by atoms with E-state index in [-0.39, 0.29) is 0 Å². The van der Waals surface area contributed by atoms with Gasteiger partial charge >= 0.3 is 0 Å². The lowest BCUT2D eigenvalue weighted by Gasteiger charge is -2.20. The van der Waals surface area contributed by atoms with Gasteiger partial charge in [0.15, 0.2) is 0 Å². The second-order valence-electron chi connectivity index (χ2n) is 7.11. The van der Waals surface area contributed by atoms with Crippen LogP contribution in [-0.2, 0) is 0 Å². The predicted octanol–water partition coefficient (Wildman–Crippen LogP) is 4.25. The third-order valence-corrected chi connectivity index (χ3v) is 5.38. The summed E-state index contributed by atoms with van der Waals surface area (Å²) in [5, 5.41) is 3.55. The molecule has 0 bridgehead atoms. The van der Waals surface area contributed by atoms with Crippen LogP contribution in [0.4, 0.5) is 0 Å². The molecule has 0 saturated heterocycles. The monoisotopic (exact) mass is 245 g/mol. The Bertz CT molecular complexity index is 422. The first-order valence-corrected chi connectivity index (χ1v) is 6.97. The number of benzene rings is 1. The highest BCUT2D eigenvalue weighted by atomic mass is 14.9. The van der Waals surface area contributed by atoms with Crippen LogP contribution >= 0.6 is 0 Å². The highest BCUT2D eigenvalue weighted by Crippen LogP contribution is 2.72. The molecule has 1 unspecified atom stereocenters. The standard InChI is InChI=1S/C17H27N/c1-11-8-12(2)10-13(9-11)14(18-7)15-16(3,4)17(15,5)6/h8-10,14-15,18H,1-7H3. The van der Waals surface area contributed by atoms with Gasteiger partial charge in [-0.3, -0.25) is 0 Å². The molecule has 0 radical (unpaired) electrons. The Kier molecular flexibility index (Phi) is 3.09. The second-order valence-corrected chi connectivity index (χ2v) is 7.11. The molecule has 1 aromatic rings. The zero-order chi connectivity index (χ0) is 13.7. The van der Waals surface area contributed by atoms with Crippen molar-refractivity contribution in [1.82, 2.24) is 5.32 Å². The van der Waals surface area contributed by atoms with Crippen molar-refractivity contribution >= 4 is 0 Å². The van der Waals surface area contributed by atoms with E-state index in [2.05, 4.69) is 72.1 Å². The molecular formula is C17H27N. The average Bonchev–Trinajstić information content (AvgIpc) is 2.61. The number of rotatable bonds is 3. The van der Waals surface area contributed by atoms with Crippen molar-refractivity contribution in [1.29, 1.82) is 0 Å². The Morgan fingerprint density at radius 1 is 0.944 bits per heavy atom. The molecule has 0 aromatic heterocycles. The third kappa shape index (κ3) is 1.89. The molecule has 1 saturated carbocycles. The fourth-order valence-electron chi connectivity index (χ4n) is 3.80. The fraction of sp³-hybridized carbons (Fsp3) is 0.647. The normalized spacial score (nSPS) is 22.8. The first kappa shape index (κ1) is 13.6. The van der Waals surface area contributed by atoms with E-state index >= 15 is 0 Å². The molecule has 0 heterocycles. The maximum atomic E-state index is 3.55. The molecule has 1 aliphatic carbocycles. The van der Waals surface area contributed by atoms with Crippen molar-refractivity contribution in [2.24, 2.45) is 16.7 Å². The van der Waals surface area contributed by atoms with Gasteiger partial charge in [-0.2, -0.15) is 0 Å². The summed E-state index contributed by atoms with van der Waals surface area (Å²) in [5.41, 5.74) is 5.00. The van der Waals surface area contributed by atoms with E-state index in [1.807, 2.05) is 0 Å². The van der Waals surface area contributed by atoms with E-state index in [0.717, 1.165) is 0 Å². The predicted molar refractivity (Wildman–Crippen MR) is 78.8 cm³/mol. The van der Waals surface area contributed by atoms with Crippen LogP contribution in [0.3, 0.4) is 0 Å². The van der Waals surface area contributed by atoms with Crippen LogP contribution in [0.5, 0.6) is 0 Å². The minimum absolute atomic E-state index is 0.415. The molecule has 1 aliphatic rings. The van der Waals surface area contributed by atoms with Crippen LogP contribution in [0, 0.1) is 30.6 Å². The van der Waals surface area contributed by atoms with Crippen molar-refractivity contribution in [3.05, 3.63) is 34.9 Å². The topological polar surface area (TPSA) is 12.0 Å². The van der Waals surface area contributed by atoms with E-state index in [0.29, 0.717) is 22.8 Å². The zero-order valence-electron chi connectivity index (χ0n) is 12.9. The molecule has 18 heavy (non-hydrogen) atoms. The van der Waals surface area contributed by atoms with Gasteiger partial charge in [-0.25, -0.2) is 0 Å². The molecule has 1 N–H and O–H groups in total. The Hall–Kier alpha value is -0.820. The second kappa shape index (κ2) is 4.09. The average molecular weight is 245 g/mol. The van der Waals surface area contributed by atoms with E-state index < -0.39 is 0 Å². The molecule has 1 fully saturated rings. The van der Waals surface area contributed by atoms with Crippen LogP contribution < -0.4 is 5.32 Å².